The van der Waals surface area contributed by atoms with Crippen LogP contribution in [0.3, 0.4) is 0 Å². The Morgan fingerprint density at radius 3 is 1.47 bits per heavy atom. The predicted molar refractivity (Wildman–Crippen MR) is 54.0 cm³/mol. The van der Waals surface area contributed by atoms with Crippen molar-refractivity contribution in [2.75, 3.05) is 0 Å². The Morgan fingerprint density at radius 2 is 1.29 bits per heavy atom. The van der Waals surface area contributed by atoms with E-state index in [0.29, 0.717) is 0 Å². The van der Waals surface area contributed by atoms with Crippen LogP contribution < -0.4 is 5.14 Å². The van der Waals surface area contributed by atoms with Crippen LogP contribution in [-0.2, 0) is 9.71 Å². The van der Waals surface area contributed by atoms with Crippen LogP contribution in [-0.4, -0.2) is 32.6 Å². The first-order chi connectivity index (χ1) is 7.00. The van der Waals surface area contributed by atoms with Gasteiger partial charge in [-0.25, -0.2) is 21.8 Å². The Hall–Kier alpha value is -0.440. The maximum Gasteiger partial charge on any atom is 0.332 e. The Bertz CT molecular complexity index is 395. The molecule has 0 bridgehead atoms. The molecule has 0 aliphatic carbocycles. The third-order valence-corrected chi connectivity index (χ3v) is 4.18. The van der Waals surface area contributed by atoms with Crippen LogP contribution in [0.1, 0.15) is 20.8 Å². The second kappa shape index (κ2) is 3.78. The number of nitrogens with two attached hydrogens (primary N) is 1. The van der Waals surface area contributed by atoms with Gasteiger partial charge in [0.15, 0.2) is 0 Å². The summed E-state index contributed by atoms with van der Waals surface area (Å²) in [5, 5.41) is 0.370. The Kier molecular flexibility index (Phi) is 3.68. The highest BCUT2D eigenvalue weighted by molar-refractivity contribution is 7.99. The summed E-state index contributed by atoms with van der Waals surface area (Å²) >= 11 is 0. The van der Waals surface area contributed by atoms with E-state index in [2.05, 4.69) is 11.0 Å². The maximum atomic E-state index is 13.6. The monoisotopic (exact) mass is 285 g/mol. The van der Waals surface area contributed by atoms with Crippen molar-refractivity contribution < 1.29 is 30.6 Å². The lowest BCUT2D eigenvalue weighted by Gasteiger charge is -2.41. The molecule has 0 saturated carbocycles. The SMILES string of the molecule is C=S(N)(=O)C(C)(F)C(F)(F)C(C)(F)C(C)(F)F. The zero-order valence-electron chi connectivity index (χ0n) is 9.37. The summed E-state index contributed by atoms with van der Waals surface area (Å²) in [7, 11) is -4.59. The molecule has 3 atom stereocenters. The highest BCUT2D eigenvalue weighted by Crippen LogP contribution is 2.51. The molecular formula is C8H13F6NOS. The van der Waals surface area contributed by atoms with E-state index < -0.39 is 32.2 Å². The molecule has 0 aromatic carbocycles. The van der Waals surface area contributed by atoms with Gasteiger partial charge in [-0.1, -0.05) is 0 Å². The van der Waals surface area contributed by atoms with Gasteiger partial charge in [0.1, 0.15) is 0 Å². The van der Waals surface area contributed by atoms with Gasteiger partial charge in [-0.05, 0) is 19.7 Å². The Labute approximate surface area is 95.3 Å². The van der Waals surface area contributed by atoms with E-state index in [1.165, 1.54) is 0 Å². The highest BCUT2D eigenvalue weighted by atomic mass is 32.2. The molecule has 0 fully saturated rings. The van der Waals surface area contributed by atoms with Crippen molar-refractivity contribution in [2.24, 2.45) is 5.14 Å². The topological polar surface area (TPSA) is 43.1 Å². The lowest BCUT2D eigenvalue weighted by Crippen LogP contribution is -2.65. The average Bonchev–Trinajstić information content (AvgIpc) is 1.98. The molecule has 17 heavy (non-hydrogen) atoms. The van der Waals surface area contributed by atoms with Crippen LogP contribution >= 0.6 is 0 Å². The zero-order chi connectivity index (χ0) is 14.5. The van der Waals surface area contributed by atoms with Crippen LogP contribution in [0.15, 0.2) is 0 Å². The van der Waals surface area contributed by atoms with Crippen LogP contribution in [0.2, 0.25) is 0 Å². The molecule has 0 amide bonds. The quantitative estimate of drug-likeness (QED) is 0.625. The Balaban J connectivity index is 5.91. The first-order valence-corrected chi connectivity index (χ1v) is 6.07. The van der Waals surface area contributed by atoms with E-state index in [0.717, 1.165) is 0 Å². The van der Waals surface area contributed by atoms with E-state index >= 15 is 0 Å². The van der Waals surface area contributed by atoms with Gasteiger partial charge in [0, 0.05) is 6.92 Å². The summed E-state index contributed by atoms with van der Waals surface area (Å²) < 4.78 is 90.5. The normalized spacial score (nSPS) is 24.6. The number of halogens is 6. The van der Waals surface area contributed by atoms with Gasteiger partial charge >= 0.3 is 5.92 Å². The molecule has 0 aliphatic rings. The second-order valence-electron chi connectivity index (χ2n) is 4.11. The molecule has 0 rings (SSSR count). The Morgan fingerprint density at radius 1 is 1.00 bits per heavy atom. The second-order valence-corrected chi connectivity index (χ2v) is 6.33. The van der Waals surface area contributed by atoms with Crippen LogP contribution in [0.4, 0.5) is 26.3 Å². The number of rotatable bonds is 4. The molecule has 0 spiro atoms. The lowest BCUT2D eigenvalue weighted by atomic mass is 9.90. The van der Waals surface area contributed by atoms with E-state index in [1.807, 2.05) is 0 Å². The molecule has 104 valence electrons. The van der Waals surface area contributed by atoms with Gasteiger partial charge in [-0.3, -0.25) is 5.14 Å². The van der Waals surface area contributed by atoms with Gasteiger partial charge in [0.05, 0.1) is 9.71 Å². The minimum absolute atomic E-state index is 0.0219. The molecule has 0 aliphatic heterocycles. The average molecular weight is 285 g/mol. The van der Waals surface area contributed by atoms with Crippen molar-refractivity contribution in [1.82, 2.24) is 0 Å². The summed E-state index contributed by atoms with van der Waals surface area (Å²) in [5.41, 5.74) is -4.57. The molecular weight excluding hydrogens is 272 g/mol. The first kappa shape index (κ1) is 16.6. The van der Waals surface area contributed by atoms with E-state index in [4.69, 9.17) is 0 Å². The fourth-order valence-corrected chi connectivity index (χ4v) is 1.54. The number of hydrogen-bond donors (Lipinski definition) is 1. The minimum Gasteiger partial charge on any atom is -0.257 e. The van der Waals surface area contributed by atoms with Crippen LogP contribution in [0, 0.1) is 0 Å². The first-order valence-electron chi connectivity index (χ1n) is 4.28. The summed E-state index contributed by atoms with van der Waals surface area (Å²) in [4.78, 5) is 0. The largest absolute Gasteiger partial charge is 0.332 e. The highest BCUT2D eigenvalue weighted by Gasteiger charge is 2.74. The van der Waals surface area contributed by atoms with Crippen LogP contribution in [0.25, 0.3) is 0 Å². The molecule has 0 aromatic rings. The van der Waals surface area contributed by atoms with Crippen molar-refractivity contribution in [3.05, 3.63) is 0 Å². The molecule has 0 saturated heterocycles. The standard InChI is InChI=1S/C8H13F6NOS/c1-5(9,6(2,10)11)8(13,14)7(3,12)17(4,15)16/h4H2,1-3H3,(H2,15,16). The molecule has 2 N–H and O–H groups in total. The summed E-state index contributed by atoms with van der Waals surface area (Å²) in [6.07, 6.45) is 0. The van der Waals surface area contributed by atoms with E-state index in [9.17, 15) is 30.6 Å². The summed E-state index contributed by atoms with van der Waals surface area (Å²) in [6, 6.07) is 0. The van der Waals surface area contributed by atoms with E-state index in [-0.39, 0.29) is 20.8 Å². The third-order valence-electron chi connectivity index (χ3n) is 2.62. The maximum absolute atomic E-state index is 13.6. The minimum atomic E-state index is -5.29. The van der Waals surface area contributed by atoms with Crippen LogP contribution in [0.5, 0.6) is 0 Å². The smallest absolute Gasteiger partial charge is 0.257 e. The lowest BCUT2D eigenvalue weighted by molar-refractivity contribution is -0.259. The van der Waals surface area contributed by atoms with Gasteiger partial charge in [-0.2, -0.15) is 8.78 Å². The summed E-state index contributed by atoms with van der Waals surface area (Å²) in [5.74, 6) is -7.40. The summed E-state index contributed by atoms with van der Waals surface area (Å²) in [6.45, 7) is -0.347. The number of hydrogen-bond acceptors (Lipinski definition) is 1. The molecule has 0 heterocycles. The third kappa shape index (κ3) is 2.26. The van der Waals surface area contributed by atoms with E-state index in [1.54, 1.807) is 0 Å². The van der Waals surface area contributed by atoms with Gasteiger partial charge in [0.25, 0.3) is 10.9 Å². The fraction of sp³-hybridized carbons (Fsp3) is 0.875. The van der Waals surface area contributed by atoms with Crippen molar-refractivity contribution in [2.45, 2.75) is 43.3 Å². The number of alkyl halides is 6. The van der Waals surface area contributed by atoms with Gasteiger partial charge < -0.3 is 0 Å². The van der Waals surface area contributed by atoms with Crippen molar-refractivity contribution in [3.63, 3.8) is 0 Å². The molecule has 0 radical (unpaired) electrons. The predicted octanol–water partition coefficient (Wildman–Crippen LogP) is 2.28. The molecule has 3 unspecified atom stereocenters. The van der Waals surface area contributed by atoms with Gasteiger partial charge in [-0.15, -0.1) is 0 Å². The van der Waals surface area contributed by atoms with Crippen molar-refractivity contribution in [1.29, 1.82) is 0 Å². The van der Waals surface area contributed by atoms with Gasteiger partial charge in [0.2, 0.25) is 5.67 Å². The van der Waals surface area contributed by atoms with Crippen molar-refractivity contribution >= 4 is 15.6 Å². The fourth-order valence-electron chi connectivity index (χ4n) is 0.912. The molecule has 0 aromatic heterocycles. The van der Waals surface area contributed by atoms with Crippen molar-refractivity contribution in [3.8, 4) is 0 Å². The molecule has 2 nitrogen and oxygen atoms in total. The zero-order valence-corrected chi connectivity index (χ0v) is 10.2. The molecule has 9 heteroatoms.